The van der Waals surface area contributed by atoms with Gasteiger partial charge in [0.25, 0.3) is 5.91 Å². The number of benzene rings is 1. The van der Waals surface area contributed by atoms with Crippen molar-refractivity contribution < 1.29 is 14.3 Å². The van der Waals surface area contributed by atoms with E-state index in [9.17, 15) is 9.59 Å². The van der Waals surface area contributed by atoms with Gasteiger partial charge < -0.3 is 15.0 Å². The highest BCUT2D eigenvalue weighted by molar-refractivity contribution is 5.95. The maximum Gasteiger partial charge on any atom is 0.355 e. The smallest absolute Gasteiger partial charge is 0.355 e. The van der Waals surface area contributed by atoms with Crippen LogP contribution in [0.3, 0.4) is 0 Å². The highest BCUT2D eigenvalue weighted by Crippen LogP contribution is 2.55. The van der Waals surface area contributed by atoms with Crippen LogP contribution in [0, 0.1) is 17.8 Å². The second-order valence-corrected chi connectivity index (χ2v) is 8.59. The van der Waals surface area contributed by atoms with Crippen LogP contribution >= 0.6 is 0 Å². The highest BCUT2D eigenvalue weighted by atomic mass is 16.5. The summed E-state index contributed by atoms with van der Waals surface area (Å²) in [7, 11) is 0. The molecule has 1 heterocycles. The van der Waals surface area contributed by atoms with Gasteiger partial charge in [-0.05, 0) is 68.4 Å². The molecule has 0 aliphatic heterocycles. The van der Waals surface area contributed by atoms with Crippen LogP contribution in [0.5, 0.6) is 0 Å². The Kier molecular flexibility index (Phi) is 3.59. The number of fused-ring (bicyclic) bond motifs is 1. The van der Waals surface area contributed by atoms with Gasteiger partial charge in [0.05, 0.1) is 0 Å². The summed E-state index contributed by atoms with van der Waals surface area (Å²) in [6.07, 6.45) is 7.31. The lowest BCUT2D eigenvalue weighted by atomic mass is 9.53. The number of aromatic amines is 1. The Morgan fingerprint density at radius 3 is 2.38 bits per heavy atom. The number of para-hydroxylation sites is 1. The van der Waals surface area contributed by atoms with Crippen LogP contribution in [0.4, 0.5) is 0 Å². The predicted octanol–water partition coefficient (Wildman–Crippen LogP) is 3.41. The van der Waals surface area contributed by atoms with E-state index in [2.05, 4.69) is 10.3 Å². The minimum Gasteiger partial charge on any atom is -0.451 e. The molecule has 1 amide bonds. The van der Waals surface area contributed by atoms with Gasteiger partial charge in [-0.15, -0.1) is 0 Å². The summed E-state index contributed by atoms with van der Waals surface area (Å²) in [5.74, 6) is 1.67. The third-order valence-corrected chi connectivity index (χ3v) is 6.53. The van der Waals surface area contributed by atoms with Crippen LogP contribution in [0.1, 0.15) is 49.0 Å². The fourth-order valence-corrected chi connectivity index (χ4v) is 5.99. The van der Waals surface area contributed by atoms with Crippen molar-refractivity contribution in [2.75, 3.05) is 6.61 Å². The normalized spacial score (nSPS) is 31.9. The number of rotatable bonds is 4. The van der Waals surface area contributed by atoms with Gasteiger partial charge in [0, 0.05) is 16.4 Å². The first-order valence-electron chi connectivity index (χ1n) is 9.64. The van der Waals surface area contributed by atoms with Crippen molar-refractivity contribution in [1.29, 1.82) is 0 Å². The summed E-state index contributed by atoms with van der Waals surface area (Å²) in [5, 5.41) is 4.19. The average Bonchev–Trinajstić information content (AvgIpc) is 3.02. The molecule has 4 fully saturated rings. The zero-order valence-corrected chi connectivity index (χ0v) is 14.8. The number of amides is 1. The molecule has 0 radical (unpaired) electrons. The van der Waals surface area contributed by atoms with Gasteiger partial charge in [0.15, 0.2) is 6.61 Å². The van der Waals surface area contributed by atoms with E-state index < -0.39 is 5.97 Å². The maximum atomic E-state index is 12.4. The van der Waals surface area contributed by atoms with Gasteiger partial charge >= 0.3 is 5.97 Å². The molecular weight excluding hydrogens is 328 g/mol. The number of hydrogen-bond donors (Lipinski definition) is 2. The van der Waals surface area contributed by atoms with E-state index in [0.717, 1.165) is 47.9 Å². The number of esters is 1. The molecule has 0 spiro atoms. The number of hydrogen-bond acceptors (Lipinski definition) is 3. The van der Waals surface area contributed by atoms with Crippen molar-refractivity contribution in [3.63, 3.8) is 0 Å². The van der Waals surface area contributed by atoms with Crippen LogP contribution in [0.25, 0.3) is 10.9 Å². The molecule has 1 aromatic carbocycles. The van der Waals surface area contributed by atoms with Crippen LogP contribution in [0.15, 0.2) is 30.3 Å². The first-order valence-corrected chi connectivity index (χ1v) is 9.64. The van der Waals surface area contributed by atoms with Crippen molar-refractivity contribution in [2.24, 2.45) is 17.8 Å². The average molecular weight is 352 g/mol. The minimum absolute atomic E-state index is 0.0423. The number of carbonyl (C=O) groups is 2. The summed E-state index contributed by atoms with van der Waals surface area (Å²) in [6.45, 7) is -0.212. The standard InChI is InChI=1S/C21H24N2O3/c24-19(23-21-9-13-5-14(10-21)7-15(6-13)11-21)12-26-20(25)18-8-16-3-1-2-4-17(16)22-18/h1-4,8,13-15,22H,5-7,9-12H2,(H,23,24). The first-order chi connectivity index (χ1) is 12.6. The molecule has 0 atom stereocenters. The topological polar surface area (TPSA) is 71.2 Å². The summed E-state index contributed by atoms with van der Waals surface area (Å²) in [4.78, 5) is 27.7. The molecule has 26 heavy (non-hydrogen) atoms. The summed E-state index contributed by atoms with van der Waals surface area (Å²) < 4.78 is 5.25. The van der Waals surface area contributed by atoms with Crippen LogP contribution in [0.2, 0.25) is 0 Å². The SMILES string of the molecule is O=C(COC(=O)c1cc2ccccc2[nH]1)NC12CC3CC(CC(C3)C1)C2. The van der Waals surface area contributed by atoms with E-state index in [4.69, 9.17) is 4.74 Å². The highest BCUT2D eigenvalue weighted by Gasteiger charge is 2.51. The molecule has 6 rings (SSSR count). The third kappa shape index (κ3) is 2.79. The number of carbonyl (C=O) groups excluding carboxylic acids is 2. The molecule has 136 valence electrons. The van der Waals surface area contributed by atoms with E-state index in [1.165, 1.54) is 19.3 Å². The molecule has 5 nitrogen and oxygen atoms in total. The Balaban J connectivity index is 1.20. The Morgan fingerprint density at radius 2 is 1.73 bits per heavy atom. The minimum atomic E-state index is -0.484. The largest absolute Gasteiger partial charge is 0.451 e. The Hall–Kier alpha value is -2.30. The fraction of sp³-hybridized carbons (Fsp3) is 0.524. The lowest BCUT2D eigenvalue weighted by Gasteiger charge is -2.56. The van der Waals surface area contributed by atoms with Crippen LogP contribution in [-0.4, -0.2) is 29.0 Å². The monoisotopic (exact) mass is 352 g/mol. The molecule has 4 aliphatic rings. The van der Waals surface area contributed by atoms with Gasteiger partial charge in [0.2, 0.25) is 0 Å². The molecule has 2 N–H and O–H groups in total. The molecule has 0 unspecified atom stereocenters. The van der Waals surface area contributed by atoms with Crippen molar-refractivity contribution >= 4 is 22.8 Å². The van der Waals surface area contributed by atoms with E-state index in [1.54, 1.807) is 6.07 Å². The second kappa shape index (κ2) is 5.86. The van der Waals surface area contributed by atoms with Crippen molar-refractivity contribution in [3.8, 4) is 0 Å². The lowest BCUT2D eigenvalue weighted by Crippen LogP contribution is -2.60. The molecule has 5 heteroatoms. The van der Waals surface area contributed by atoms with Crippen molar-refractivity contribution in [1.82, 2.24) is 10.3 Å². The van der Waals surface area contributed by atoms with Gasteiger partial charge in [-0.1, -0.05) is 18.2 Å². The first kappa shape index (κ1) is 15.9. The van der Waals surface area contributed by atoms with Crippen LogP contribution < -0.4 is 5.32 Å². The van der Waals surface area contributed by atoms with E-state index in [1.807, 2.05) is 24.3 Å². The summed E-state index contributed by atoms with van der Waals surface area (Å²) >= 11 is 0. The Morgan fingerprint density at radius 1 is 1.08 bits per heavy atom. The zero-order valence-electron chi connectivity index (χ0n) is 14.8. The number of aromatic nitrogens is 1. The van der Waals surface area contributed by atoms with Gasteiger partial charge in [-0.25, -0.2) is 4.79 Å². The quantitative estimate of drug-likeness (QED) is 0.829. The van der Waals surface area contributed by atoms with Crippen molar-refractivity contribution in [3.05, 3.63) is 36.0 Å². The maximum absolute atomic E-state index is 12.4. The molecule has 4 aliphatic carbocycles. The van der Waals surface area contributed by atoms with E-state index >= 15 is 0 Å². The van der Waals surface area contributed by atoms with Crippen molar-refractivity contribution in [2.45, 2.75) is 44.1 Å². The molecule has 0 saturated heterocycles. The molecular formula is C21H24N2O3. The Labute approximate surface area is 152 Å². The van der Waals surface area contributed by atoms with E-state index in [-0.39, 0.29) is 18.1 Å². The number of ether oxygens (including phenoxy) is 1. The van der Waals surface area contributed by atoms with E-state index in [0.29, 0.717) is 5.69 Å². The number of nitrogens with one attached hydrogen (secondary N) is 2. The molecule has 1 aromatic heterocycles. The lowest BCUT2D eigenvalue weighted by molar-refractivity contribution is -0.130. The second-order valence-electron chi connectivity index (χ2n) is 8.59. The molecule has 2 aromatic rings. The van der Waals surface area contributed by atoms with Gasteiger partial charge in [-0.3, -0.25) is 4.79 Å². The molecule has 4 saturated carbocycles. The predicted molar refractivity (Wildman–Crippen MR) is 97.6 cm³/mol. The Bertz CT molecular complexity index is 801. The zero-order chi connectivity index (χ0) is 17.7. The van der Waals surface area contributed by atoms with Gasteiger partial charge in [-0.2, -0.15) is 0 Å². The van der Waals surface area contributed by atoms with Crippen LogP contribution in [-0.2, 0) is 9.53 Å². The molecule has 4 bridgehead atoms. The van der Waals surface area contributed by atoms with Gasteiger partial charge in [0.1, 0.15) is 5.69 Å². The summed E-state index contributed by atoms with van der Waals surface area (Å²) in [5.41, 5.74) is 1.23. The summed E-state index contributed by atoms with van der Waals surface area (Å²) in [6, 6.07) is 9.43. The number of H-pyrrole nitrogens is 1. The fourth-order valence-electron chi connectivity index (χ4n) is 5.99. The third-order valence-electron chi connectivity index (χ3n) is 6.53.